The van der Waals surface area contributed by atoms with Crippen LogP contribution in [0.2, 0.25) is 0 Å². The summed E-state index contributed by atoms with van der Waals surface area (Å²) in [5.74, 6) is -0.606. The number of aliphatic hydroxyl groups is 2. The highest BCUT2D eigenvalue weighted by Gasteiger charge is 2.41. The van der Waals surface area contributed by atoms with E-state index in [1.165, 1.54) is 4.90 Å². The van der Waals surface area contributed by atoms with Crippen molar-refractivity contribution in [2.45, 2.75) is 31.8 Å². The van der Waals surface area contributed by atoms with Crippen molar-refractivity contribution in [2.24, 2.45) is 5.92 Å². The van der Waals surface area contributed by atoms with Gasteiger partial charge in [-0.05, 0) is 0 Å². The summed E-state index contributed by atoms with van der Waals surface area (Å²) in [7, 11) is 0. The van der Waals surface area contributed by atoms with Gasteiger partial charge in [-0.1, -0.05) is 6.92 Å². The molecule has 1 unspecified atom stereocenters. The number of amides is 3. The molecule has 2 fully saturated rings. The first-order chi connectivity index (χ1) is 8.02. The van der Waals surface area contributed by atoms with E-state index in [9.17, 15) is 14.7 Å². The summed E-state index contributed by atoms with van der Waals surface area (Å²) < 4.78 is 5.37. The SMILES string of the molecule is CC1CN([C@H]2C[C@@H](O)[C@@H](CO)O2)C(=O)NC1=O. The lowest BCUT2D eigenvalue weighted by Gasteiger charge is -2.34. The second-order valence-corrected chi connectivity index (χ2v) is 4.46. The van der Waals surface area contributed by atoms with Crippen molar-refractivity contribution in [3.8, 4) is 0 Å². The average molecular weight is 244 g/mol. The fourth-order valence-electron chi connectivity index (χ4n) is 2.08. The van der Waals surface area contributed by atoms with Crippen LogP contribution >= 0.6 is 0 Å². The quantitative estimate of drug-likeness (QED) is 0.557. The van der Waals surface area contributed by atoms with Gasteiger partial charge in [-0.3, -0.25) is 15.0 Å². The highest BCUT2D eigenvalue weighted by molar-refractivity contribution is 5.97. The summed E-state index contributed by atoms with van der Waals surface area (Å²) in [6.45, 7) is 1.69. The molecule has 0 aromatic heterocycles. The van der Waals surface area contributed by atoms with Crippen LogP contribution in [0.4, 0.5) is 4.79 Å². The van der Waals surface area contributed by atoms with Crippen LogP contribution < -0.4 is 5.32 Å². The van der Waals surface area contributed by atoms with Crippen LogP contribution in [-0.2, 0) is 9.53 Å². The highest BCUT2D eigenvalue weighted by Crippen LogP contribution is 2.25. The van der Waals surface area contributed by atoms with Crippen LogP contribution in [-0.4, -0.2) is 58.6 Å². The molecule has 0 aromatic carbocycles. The molecule has 3 amide bonds. The number of rotatable bonds is 2. The highest BCUT2D eigenvalue weighted by atomic mass is 16.5. The number of aliphatic hydroxyl groups excluding tert-OH is 2. The Labute approximate surface area is 98.3 Å². The second kappa shape index (κ2) is 4.59. The maximum absolute atomic E-state index is 11.6. The molecule has 0 saturated carbocycles. The molecule has 2 rings (SSSR count). The van der Waals surface area contributed by atoms with E-state index in [1.54, 1.807) is 6.92 Å². The molecule has 0 bridgehead atoms. The van der Waals surface area contributed by atoms with Crippen molar-refractivity contribution < 1.29 is 24.5 Å². The normalized spacial score (nSPS) is 38.4. The van der Waals surface area contributed by atoms with Gasteiger partial charge in [-0.15, -0.1) is 0 Å². The predicted molar refractivity (Wildman–Crippen MR) is 55.8 cm³/mol. The Bertz CT molecular complexity index is 335. The van der Waals surface area contributed by atoms with Crippen molar-refractivity contribution in [3.63, 3.8) is 0 Å². The Morgan fingerprint density at radius 1 is 1.53 bits per heavy atom. The minimum atomic E-state index is -0.786. The molecule has 0 radical (unpaired) electrons. The summed E-state index contributed by atoms with van der Waals surface area (Å²) in [4.78, 5) is 24.2. The zero-order valence-electron chi connectivity index (χ0n) is 9.50. The van der Waals surface area contributed by atoms with E-state index in [-0.39, 0.29) is 31.4 Å². The summed E-state index contributed by atoms with van der Waals surface area (Å²) in [5, 5.41) is 20.8. The van der Waals surface area contributed by atoms with Gasteiger partial charge in [0.15, 0.2) is 0 Å². The molecule has 17 heavy (non-hydrogen) atoms. The van der Waals surface area contributed by atoms with E-state index in [1.807, 2.05) is 0 Å². The fraction of sp³-hybridized carbons (Fsp3) is 0.800. The monoisotopic (exact) mass is 244 g/mol. The van der Waals surface area contributed by atoms with Crippen LogP contribution in [0.25, 0.3) is 0 Å². The summed E-state index contributed by atoms with van der Waals surface area (Å²) >= 11 is 0. The Morgan fingerprint density at radius 3 is 2.82 bits per heavy atom. The zero-order chi connectivity index (χ0) is 12.6. The van der Waals surface area contributed by atoms with Gasteiger partial charge < -0.3 is 14.9 Å². The Hall–Kier alpha value is -1.18. The predicted octanol–water partition coefficient (Wildman–Crippen LogP) is -1.36. The minimum absolute atomic E-state index is 0.250. The van der Waals surface area contributed by atoms with Gasteiger partial charge in [0.25, 0.3) is 0 Å². The third-order valence-corrected chi connectivity index (χ3v) is 3.14. The number of hydrogen-bond donors (Lipinski definition) is 3. The Kier molecular flexibility index (Phi) is 3.32. The molecular weight excluding hydrogens is 228 g/mol. The second-order valence-electron chi connectivity index (χ2n) is 4.46. The standard InChI is InChI=1S/C10H16N2O5/c1-5-3-12(10(16)11-9(5)15)8-2-6(14)7(4-13)17-8/h5-8,13-14H,2-4H2,1H3,(H,11,15,16)/t5?,6-,7-,8-/m1/s1. The molecule has 3 N–H and O–H groups in total. The largest absolute Gasteiger partial charge is 0.394 e. The molecule has 2 aliphatic heterocycles. The molecule has 4 atom stereocenters. The number of carbonyl (C=O) groups excluding carboxylic acids is 2. The van der Waals surface area contributed by atoms with E-state index in [4.69, 9.17) is 9.84 Å². The summed E-state index contributed by atoms with van der Waals surface area (Å²) in [6, 6.07) is -0.510. The first-order valence-corrected chi connectivity index (χ1v) is 5.58. The number of ether oxygens (including phenoxy) is 1. The molecule has 2 heterocycles. The van der Waals surface area contributed by atoms with Crippen LogP contribution in [0.3, 0.4) is 0 Å². The van der Waals surface area contributed by atoms with Crippen LogP contribution in [0.5, 0.6) is 0 Å². The maximum atomic E-state index is 11.6. The van der Waals surface area contributed by atoms with Gasteiger partial charge in [-0.25, -0.2) is 4.79 Å². The molecule has 0 spiro atoms. The third kappa shape index (κ3) is 2.26. The summed E-state index contributed by atoms with van der Waals surface area (Å²) in [5.41, 5.74) is 0. The fourth-order valence-corrected chi connectivity index (χ4v) is 2.08. The number of imide groups is 1. The molecule has 2 saturated heterocycles. The number of nitrogens with one attached hydrogen (secondary N) is 1. The van der Waals surface area contributed by atoms with Crippen molar-refractivity contribution in [1.82, 2.24) is 10.2 Å². The molecule has 0 aromatic rings. The molecule has 7 nitrogen and oxygen atoms in total. The molecule has 2 aliphatic rings. The van der Waals surface area contributed by atoms with E-state index < -0.39 is 24.5 Å². The first-order valence-electron chi connectivity index (χ1n) is 5.58. The molecular formula is C10H16N2O5. The third-order valence-electron chi connectivity index (χ3n) is 3.14. The van der Waals surface area contributed by atoms with Crippen LogP contribution in [0.1, 0.15) is 13.3 Å². The maximum Gasteiger partial charge on any atom is 0.326 e. The van der Waals surface area contributed by atoms with Gasteiger partial charge in [0.1, 0.15) is 12.3 Å². The number of hydrogen-bond acceptors (Lipinski definition) is 5. The van der Waals surface area contributed by atoms with E-state index in [2.05, 4.69) is 5.32 Å². The Balaban J connectivity index is 2.03. The minimum Gasteiger partial charge on any atom is -0.394 e. The smallest absolute Gasteiger partial charge is 0.326 e. The lowest BCUT2D eigenvalue weighted by molar-refractivity contribution is -0.128. The van der Waals surface area contributed by atoms with Crippen molar-refractivity contribution in [2.75, 3.05) is 13.2 Å². The van der Waals surface area contributed by atoms with Gasteiger partial charge >= 0.3 is 6.03 Å². The Morgan fingerprint density at radius 2 is 2.24 bits per heavy atom. The molecule has 96 valence electrons. The van der Waals surface area contributed by atoms with Crippen molar-refractivity contribution in [1.29, 1.82) is 0 Å². The number of carbonyl (C=O) groups is 2. The first kappa shape index (κ1) is 12.3. The van der Waals surface area contributed by atoms with E-state index in [0.29, 0.717) is 0 Å². The van der Waals surface area contributed by atoms with Gasteiger partial charge in [0, 0.05) is 13.0 Å². The number of nitrogens with zero attached hydrogens (tertiary/aromatic N) is 1. The lowest BCUT2D eigenvalue weighted by Crippen LogP contribution is -2.57. The topological polar surface area (TPSA) is 99.1 Å². The van der Waals surface area contributed by atoms with E-state index in [0.717, 1.165) is 0 Å². The van der Waals surface area contributed by atoms with Crippen molar-refractivity contribution >= 4 is 11.9 Å². The van der Waals surface area contributed by atoms with Gasteiger partial charge in [-0.2, -0.15) is 0 Å². The van der Waals surface area contributed by atoms with Crippen molar-refractivity contribution in [3.05, 3.63) is 0 Å². The molecule has 0 aliphatic carbocycles. The van der Waals surface area contributed by atoms with E-state index >= 15 is 0 Å². The number of urea groups is 1. The van der Waals surface area contributed by atoms with Gasteiger partial charge in [0.2, 0.25) is 5.91 Å². The zero-order valence-corrected chi connectivity index (χ0v) is 9.50. The average Bonchev–Trinajstić information content (AvgIpc) is 2.65. The lowest BCUT2D eigenvalue weighted by atomic mass is 10.1. The van der Waals surface area contributed by atoms with Crippen LogP contribution in [0, 0.1) is 5.92 Å². The van der Waals surface area contributed by atoms with Gasteiger partial charge in [0.05, 0.1) is 18.6 Å². The summed E-state index contributed by atoms with van der Waals surface area (Å²) in [6.07, 6.45) is -1.79. The molecule has 7 heteroatoms. The van der Waals surface area contributed by atoms with Crippen LogP contribution in [0.15, 0.2) is 0 Å².